The van der Waals surface area contributed by atoms with Crippen molar-refractivity contribution in [2.45, 2.75) is 39.2 Å². The zero-order valence-electron chi connectivity index (χ0n) is 12.2. The third-order valence-electron chi connectivity index (χ3n) is 4.07. The molecule has 1 N–H and O–H groups in total. The molecule has 0 fully saturated rings. The number of benzene rings is 1. The van der Waals surface area contributed by atoms with E-state index >= 15 is 0 Å². The Bertz CT molecular complexity index is 535. The summed E-state index contributed by atoms with van der Waals surface area (Å²) in [4.78, 5) is 5.67. The Kier molecular flexibility index (Phi) is 3.49. The molecule has 0 unspecified atom stereocenters. The first-order valence-electron chi connectivity index (χ1n) is 6.70. The lowest BCUT2D eigenvalue weighted by molar-refractivity contribution is 0.195. The average molecular weight is 244 g/mol. The van der Waals surface area contributed by atoms with Gasteiger partial charge in [-0.3, -0.25) is 0 Å². The van der Waals surface area contributed by atoms with Gasteiger partial charge in [0.2, 0.25) is 0 Å². The van der Waals surface area contributed by atoms with E-state index in [0.717, 1.165) is 12.8 Å². The maximum atomic E-state index is 3.38. The molecule has 2 nitrogen and oxygen atoms in total. The molecule has 0 aliphatic carbocycles. The standard InChI is InChI=1S/C16H24N2/c1-6-12-7-8-15-14(9-12)13(11-17-15)10-16(2,3)18(4)5/h7-9,11,17H,6,10H2,1-5H3. The maximum Gasteiger partial charge on any atom is 0.0456 e. The predicted molar refractivity (Wildman–Crippen MR) is 79.1 cm³/mol. The third kappa shape index (κ3) is 2.44. The molecule has 0 radical (unpaired) electrons. The molecule has 0 bridgehead atoms. The van der Waals surface area contributed by atoms with Gasteiger partial charge in [0.1, 0.15) is 0 Å². The van der Waals surface area contributed by atoms with Crippen LogP contribution in [0.3, 0.4) is 0 Å². The molecule has 2 rings (SSSR count). The van der Waals surface area contributed by atoms with Crippen LogP contribution < -0.4 is 0 Å². The molecule has 98 valence electrons. The Morgan fingerprint density at radius 1 is 1.22 bits per heavy atom. The number of nitrogens with one attached hydrogen (secondary N) is 1. The van der Waals surface area contributed by atoms with Crippen LogP contribution in [0.15, 0.2) is 24.4 Å². The van der Waals surface area contributed by atoms with Gasteiger partial charge in [-0.2, -0.15) is 0 Å². The molecular weight excluding hydrogens is 220 g/mol. The first-order valence-corrected chi connectivity index (χ1v) is 6.70. The molecule has 1 heterocycles. The van der Waals surface area contributed by atoms with Gasteiger partial charge in [-0.05, 0) is 64.0 Å². The Labute approximate surface area is 110 Å². The van der Waals surface area contributed by atoms with E-state index in [9.17, 15) is 0 Å². The number of aryl methyl sites for hydroxylation is 1. The largest absolute Gasteiger partial charge is 0.361 e. The second kappa shape index (κ2) is 4.77. The minimum atomic E-state index is 0.178. The summed E-state index contributed by atoms with van der Waals surface area (Å²) < 4.78 is 0. The molecule has 0 spiro atoms. The van der Waals surface area contributed by atoms with Crippen molar-refractivity contribution in [3.8, 4) is 0 Å². The summed E-state index contributed by atoms with van der Waals surface area (Å²) in [5.41, 5.74) is 4.25. The van der Waals surface area contributed by atoms with Gasteiger partial charge < -0.3 is 9.88 Å². The van der Waals surface area contributed by atoms with E-state index in [2.05, 4.69) is 69.1 Å². The van der Waals surface area contributed by atoms with Gasteiger partial charge in [0.25, 0.3) is 0 Å². The van der Waals surface area contributed by atoms with Crippen LogP contribution in [0.4, 0.5) is 0 Å². The molecule has 18 heavy (non-hydrogen) atoms. The van der Waals surface area contributed by atoms with Crippen LogP contribution in [-0.2, 0) is 12.8 Å². The fraction of sp³-hybridized carbons (Fsp3) is 0.500. The van der Waals surface area contributed by atoms with Gasteiger partial charge in [-0.1, -0.05) is 13.0 Å². The average Bonchev–Trinajstić information content (AvgIpc) is 2.71. The number of rotatable bonds is 4. The number of aromatic nitrogens is 1. The van der Waals surface area contributed by atoms with E-state index in [1.807, 2.05) is 0 Å². The van der Waals surface area contributed by atoms with Crippen molar-refractivity contribution in [3.05, 3.63) is 35.5 Å². The minimum absolute atomic E-state index is 0.178. The van der Waals surface area contributed by atoms with Gasteiger partial charge in [-0.25, -0.2) is 0 Å². The Morgan fingerprint density at radius 2 is 1.94 bits per heavy atom. The lowest BCUT2D eigenvalue weighted by Crippen LogP contribution is -2.40. The summed E-state index contributed by atoms with van der Waals surface area (Å²) in [6.07, 6.45) is 4.32. The fourth-order valence-electron chi connectivity index (χ4n) is 2.22. The predicted octanol–water partition coefficient (Wildman–Crippen LogP) is 3.61. The van der Waals surface area contributed by atoms with Crippen LogP contribution in [0, 0.1) is 0 Å². The number of aromatic amines is 1. The van der Waals surface area contributed by atoms with Crippen LogP contribution in [0.2, 0.25) is 0 Å². The zero-order valence-corrected chi connectivity index (χ0v) is 12.2. The highest BCUT2D eigenvalue weighted by molar-refractivity contribution is 5.84. The van der Waals surface area contributed by atoms with Gasteiger partial charge in [0, 0.05) is 22.6 Å². The van der Waals surface area contributed by atoms with E-state index in [-0.39, 0.29) is 5.54 Å². The minimum Gasteiger partial charge on any atom is -0.361 e. The summed E-state index contributed by atoms with van der Waals surface area (Å²) in [5, 5.41) is 1.38. The van der Waals surface area contributed by atoms with Crippen molar-refractivity contribution in [1.82, 2.24) is 9.88 Å². The van der Waals surface area contributed by atoms with Crippen LogP contribution in [-0.4, -0.2) is 29.5 Å². The molecule has 0 atom stereocenters. The van der Waals surface area contributed by atoms with Crippen LogP contribution >= 0.6 is 0 Å². The van der Waals surface area contributed by atoms with E-state index in [1.54, 1.807) is 0 Å². The maximum absolute atomic E-state index is 3.38. The lowest BCUT2D eigenvalue weighted by atomic mass is 9.93. The van der Waals surface area contributed by atoms with Crippen LogP contribution in [0.5, 0.6) is 0 Å². The highest BCUT2D eigenvalue weighted by Gasteiger charge is 2.22. The van der Waals surface area contributed by atoms with E-state index < -0.39 is 0 Å². The number of H-pyrrole nitrogens is 1. The monoisotopic (exact) mass is 244 g/mol. The first kappa shape index (κ1) is 13.2. The molecule has 0 saturated heterocycles. The molecule has 1 aromatic heterocycles. The van der Waals surface area contributed by atoms with Crippen LogP contribution in [0.25, 0.3) is 10.9 Å². The van der Waals surface area contributed by atoms with Gasteiger partial charge in [0.05, 0.1) is 0 Å². The SMILES string of the molecule is CCc1ccc2[nH]cc(CC(C)(C)N(C)C)c2c1. The van der Waals surface area contributed by atoms with Crippen molar-refractivity contribution in [3.63, 3.8) is 0 Å². The normalized spacial score (nSPS) is 12.6. The highest BCUT2D eigenvalue weighted by Crippen LogP contribution is 2.25. The Hall–Kier alpha value is -1.28. The molecule has 2 heteroatoms. The molecule has 1 aromatic carbocycles. The lowest BCUT2D eigenvalue weighted by Gasteiger charge is -2.32. The quantitative estimate of drug-likeness (QED) is 0.870. The molecular formula is C16H24N2. The first-order chi connectivity index (χ1) is 8.44. The van der Waals surface area contributed by atoms with Crippen molar-refractivity contribution >= 4 is 10.9 Å². The Morgan fingerprint density at radius 3 is 2.56 bits per heavy atom. The number of fused-ring (bicyclic) bond motifs is 1. The smallest absolute Gasteiger partial charge is 0.0456 e. The molecule has 0 aliphatic heterocycles. The van der Waals surface area contributed by atoms with Gasteiger partial charge in [0.15, 0.2) is 0 Å². The summed E-state index contributed by atoms with van der Waals surface area (Å²) in [5.74, 6) is 0. The molecule has 0 amide bonds. The molecule has 0 aliphatic rings. The third-order valence-corrected chi connectivity index (χ3v) is 4.07. The Balaban J connectivity index is 2.39. The topological polar surface area (TPSA) is 19.0 Å². The van der Waals surface area contributed by atoms with E-state index in [4.69, 9.17) is 0 Å². The summed E-state index contributed by atoms with van der Waals surface area (Å²) in [7, 11) is 4.29. The number of hydrogen-bond donors (Lipinski definition) is 1. The van der Waals surface area contributed by atoms with Gasteiger partial charge >= 0.3 is 0 Å². The highest BCUT2D eigenvalue weighted by atomic mass is 15.1. The zero-order chi connectivity index (χ0) is 13.3. The van der Waals surface area contributed by atoms with Crippen molar-refractivity contribution in [1.29, 1.82) is 0 Å². The fourth-order valence-corrected chi connectivity index (χ4v) is 2.22. The van der Waals surface area contributed by atoms with E-state index in [0.29, 0.717) is 0 Å². The van der Waals surface area contributed by atoms with Crippen molar-refractivity contribution in [2.24, 2.45) is 0 Å². The second-order valence-corrected chi connectivity index (χ2v) is 5.93. The second-order valence-electron chi connectivity index (χ2n) is 5.93. The van der Waals surface area contributed by atoms with Gasteiger partial charge in [-0.15, -0.1) is 0 Å². The summed E-state index contributed by atoms with van der Waals surface area (Å²) in [6.45, 7) is 6.78. The van der Waals surface area contributed by atoms with Crippen molar-refractivity contribution < 1.29 is 0 Å². The van der Waals surface area contributed by atoms with E-state index in [1.165, 1.54) is 22.0 Å². The van der Waals surface area contributed by atoms with Crippen molar-refractivity contribution in [2.75, 3.05) is 14.1 Å². The number of hydrogen-bond acceptors (Lipinski definition) is 1. The molecule has 2 aromatic rings. The summed E-state index contributed by atoms with van der Waals surface area (Å²) in [6, 6.07) is 6.73. The summed E-state index contributed by atoms with van der Waals surface area (Å²) >= 11 is 0. The molecule has 0 saturated carbocycles. The number of likely N-dealkylation sites (N-methyl/N-ethyl adjacent to an activating group) is 1. The number of nitrogens with zero attached hydrogens (tertiary/aromatic N) is 1. The van der Waals surface area contributed by atoms with Crippen LogP contribution in [0.1, 0.15) is 31.9 Å².